The van der Waals surface area contributed by atoms with Gasteiger partial charge in [-0.25, -0.2) is 0 Å². The van der Waals surface area contributed by atoms with Crippen molar-refractivity contribution in [2.75, 3.05) is 0 Å². The minimum absolute atomic E-state index is 0.309. The van der Waals surface area contributed by atoms with Gasteiger partial charge in [0.15, 0.2) is 5.78 Å². The number of rotatable bonds is 0. The second-order valence-corrected chi connectivity index (χ2v) is 3.58. The van der Waals surface area contributed by atoms with Crippen LogP contribution < -0.4 is 0 Å². The van der Waals surface area contributed by atoms with E-state index in [1.54, 1.807) is 0 Å². The molecule has 0 unspecified atom stereocenters. The Kier molecular flexibility index (Phi) is 2.51. The topological polar surface area (TPSA) is 17.1 Å². The predicted molar refractivity (Wildman–Crippen MR) is 51.0 cm³/mol. The molecule has 0 amide bonds. The highest BCUT2D eigenvalue weighted by Gasteiger charge is 2.14. The summed E-state index contributed by atoms with van der Waals surface area (Å²) in [7, 11) is 0. The van der Waals surface area contributed by atoms with Crippen LogP contribution in [0.25, 0.3) is 0 Å². The minimum Gasteiger partial charge on any atom is -0.295 e. The Balaban J connectivity index is 3.17. The van der Waals surface area contributed by atoms with Crippen molar-refractivity contribution in [2.24, 2.45) is 0 Å². The van der Waals surface area contributed by atoms with Crippen LogP contribution in [-0.2, 0) is 4.79 Å². The molecule has 12 heavy (non-hydrogen) atoms. The summed E-state index contributed by atoms with van der Waals surface area (Å²) in [4.78, 5) is 11.4. The van der Waals surface area contributed by atoms with Gasteiger partial charge in [0.2, 0.25) is 0 Å². The summed E-state index contributed by atoms with van der Waals surface area (Å²) in [5, 5.41) is 0. The average molecular weight is 164 g/mol. The van der Waals surface area contributed by atoms with Gasteiger partial charge < -0.3 is 0 Å². The van der Waals surface area contributed by atoms with Gasteiger partial charge in [0.25, 0.3) is 0 Å². The molecule has 0 radical (unpaired) electrons. The Hall–Kier alpha value is -0.850. The van der Waals surface area contributed by atoms with Crippen LogP contribution >= 0.6 is 0 Å². The van der Waals surface area contributed by atoms with E-state index >= 15 is 0 Å². The molecule has 1 rings (SSSR count). The zero-order valence-corrected chi connectivity index (χ0v) is 8.32. The van der Waals surface area contributed by atoms with Crippen molar-refractivity contribution >= 4 is 5.78 Å². The first-order valence-electron chi connectivity index (χ1n) is 4.41. The average Bonchev–Trinajstić information content (AvgIpc) is 2.14. The van der Waals surface area contributed by atoms with Gasteiger partial charge in [-0.15, -0.1) is 0 Å². The molecule has 0 spiro atoms. The van der Waals surface area contributed by atoms with Crippen LogP contribution in [0.1, 0.15) is 40.5 Å². The number of allylic oxidation sites excluding steroid dienone is 4. The van der Waals surface area contributed by atoms with Gasteiger partial charge in [-0.1, -0.05) is 5.57 Å². The van der Waals surface area contributed by atoms with Crippen molar-refractivity contribution in [3.63, 3.8) is 0 Å². The van der Waals surface area contributed by atoms with Crippen molar-refractivity contribution in [3.05, 3.63) is 22.3 Å². The minimum atomic E-state index is 0.309. The molecule has 0 saturated heterocycles. The number of Topliss-reactive ketones (excluding diaryl/α,β-unsaturated/α-hetero) is 1. The molecule has 66 valence electrons. The summed E-state index contributed by atoms with van der Waals surface area (Å²) in [6.45, 7) is 8.19. The number of hydrogen-bond acceptors (Lipinski definition) is 1. The molecule has 0 aromatic rings. The van der Waals surface area contributed by atoms with E-state index < -0.39 is 0 Å². The molecule has 0 N–H and O–H groups in total. The van der Waals surface area contributed by atoms with Crippen LogP contribution in [-0.4, -0.2) is 5.78 Å². The first kappa shape index (κ1) is 9.24. The molecule has 0 fully saturated rings. The van der Waals surface area contributed by atoms with Crippen molar-refractivity contribution in [1.82, 2.24) is 0 Å². The van der Waals surface area contributed by atoms with Crippen LogP contribution in [0.4, 0.5) is 0 Å². The SMILES string of the molecule is CC1=C(C)C(C)=C(C)C(=O)CC1. The Morgan fingerprint density at radius 2 is 1.42 bits per heavy atom. The Morgan fingerprint density at radius 3 is 2.00 bits per heavy atom. The van der Waals surface area contributed by atoms with Crippen LogP contribution in [0.3, 0.4) is 0 Å². The molecule has 0 aliphatic heterocycles. The molecule has 1 aliphatic carbocycles. The first-order valence-corrected chi connectivity index (χ1v) is 4.41. The lowest BCUT2D eigenvalue weighted by Gasteiger charge is -2.04. The largest absolute Gasteiger partial charge is 0.295 e. The lowest BCUT2D eigenvalue weighted by Crippen LogP contribution is -1.99. The number of carbonyl (C=O) groups is 1. The zero-order valence-electron chi connectivity index (χ0n) is 8.32. The number of carbonyl (C=O) groups excluding carboxylic acids is 1. The maximum Gasteiger partial charge on any atom is 0.159 e. The normalized spacial score (nSPS) is 20.2. The lowest BCUT2D eigenvalue weighted by molar-refractivity contribution is -0.115. The summed E-state index contributed by atoms with van der Waals surface area (Å²) in [6.07, 6.45) is 1.62. The van der Waals surface area contributed by atoms with Crippen molar-refractivity contribution in [2.45, 2.75) is 40.5 Å². The Labute approximate surface area is 74.2 Å². The Bertz CT molecular complexity index is 279. The van der Waals surface area contributed by atoms with E-state index in [-0.39, 0.29) is 0 Å². The van der Waals surface area contributed by atoms with Crippen molar-refractivity contribution in [1.29, 1.82) is 0 Å². The third kappa shape index (κ3) is 1.50. The fourth-order valence-electron chi connectivity index (χ4n) is 1.49. The summed E-state index contributed by atoms with van der Waals surface area (Å²) >= 11 is 0. The maximum atomic E-state index is 11.4. The van der Waals surface area contributed by atoms with Gasteiger partial charge in [-0.2, -0.15) is 0 Å². The fourth-order valence-corrected chi connectivity index (χ4v) is 1.49. The van der Waals surface area contributed by atoms with Crippen LogP contribution in [0.15, 0.2) is 22.3 Å². The molecule has 0 heterocycles. The smallest absolute Gasteiger partial charge is 0.159 e. The number of ketones is 1. The third-order valence-corrected chi connectivity index (χ3v) is 2.91. The highest BCUT2D eigenvalue weighted by atomic mass is 16.1. The third-order valence-electron chi connectivity index (χ3n) is 2.91. The second-order valence-electron chi connectivity index (χ2n) is 3.58. The van der Waals surface area contributed by atoms with Gasteiger partial charge in [0.05, 0.1) is 0 Å². The van der Waals surface area contributed by atoms with Crippen molar-refractivity contribution < 1.29 is 4.79 Å². The van der Waals surface area contributed by atoms with E-state index in [4.69, 9.17) is 0 Å². The fraction of sp³-hybridized carbons (Fsp3) is 0.545. The van der Waals surface area contributed by atoms with Crippen LogP contribution in [0, 0.1) is 0 Å². The predicted octanol–water partition coefficient (Wildman–Crippen LogP) is 3.02. The van der Waals surface area contributed by atoms with E-state index in [1.165, 1.54) is 16.7 Å². The van der Waals surface area contributed by atoms with Gasteiger partial charge in [-0.3, -0.25) is 4.79 Å². The molecular formula is C11H16O. The second kappa shape index (κ2) is 3.26. The van der Waals surface area contributed by atoms with Crippen LogP contribution in [0.2, 0.25) is 0 Å². The van der Waals surface area contributed by atoms with E-state index in [0.717, 1.165) is 12.0 Å². The molecular weight excluding hydrogens is 148 g/mol. The molecule has 0 saturated carbocycles. The number of hydrogen-bond donors (Lipinski definition) is 0. The zero-order chi connectivity index (χ0) is 9.30. The summed E-state index contributed by atoms with van der Waals surface area (Å²) in [5.74, 6) is 0.309. The Morgan fingerprint density at radius 1 is 0.833 bits per heavy atom. The monoisotopic (exact) mass is 164 g/mol. The van der Waals surface area contributed by atoms with Crippen molar-refractivity contribution in [3.8, 4) is 0 Å². The first-order chi connectivity index (χ1) is 5.54. The molecule has 1 nitrogen and oxygen atoms in total. The van der Waals surface area contributed by atoms with E-state index in [0.29, 0.717) is 12.2 Å². The molecule has 0 aromatic heterocycles. The standard InChI is InChI=1S/C11H16O/c1-7-5-6-11(12)10(4)9(3)8(7)2/h5-6H2,1-4H3. The van der Waals surface area contributed by atoms with Gasteiger partial charge >= 0.3 is 0 Å². The highest BCUT2D eigenvalue weighted by Crippen LogP contribution is 2.25. The van der Waals surface area contributed by atoms with Gasteiger partial charge in [0, 0.05) is 6.42 Å². The lowest BCUT2D eigenvalue weighted by atomic mass is 10.0. The van der Waals surface area contributed by atoms with Gasteiger partial charge in [-0.05, 0) is 50.8 Å². The molecule has 1 heteroatoms. The van der Waals surface area contributed by atoms with E-state index in [2.05, 4.69) is 13.8 Å². The molecule has 0 bridgehead atoms. The maximum absolute atomic E-state index is 11.4. The van der Waals surface area contributed by atoms with E-state index in [1.807, 2.05) is 13.8 Å². The van der Waals surface area contributed by atoms with Crippen LogP contribution in [0.5, 0.6) is 0 Å². The van der Waals surface area contributed by atoms with E-state index in [9.17, 15) is 4.79 Å². The molecule has 0 aromatic carbocycles. The summed E-state index contributed by atoms with van der Waals surface area (Å²) < 4.78 is 0. The molecule has 1 aliphatic rings. The summed E-state index contributed by atoms with van der Waals surface area (Å²) in [5.41, 5.74) is 4.79. The van der Waals surface area contributed by atoms with Gasteiger partial charge in [0.1, 0.15) is 0 Å². The molecule has 0 atom stereocenters. The summed E-state index contributed by atoms with van der Waals surface area (Å²) in [6, 6.07) is 0. The highest BCUT2D eigenvalue weighted by molar-refractivity contribution is 5.96. The quantitative estimate of drug-likeness (QED) is 0.538.